The highest BCUT2D eigenvalue weighted by molar-refractivity contribution is 7.15. The van der Waals surface area contributed by atoms with Crippen LogP contribution in [0.5, 0.6) is 5.75 Å². The Labute approximate surface area is 121 Å². The second-order valence-electron chi connectivity index (χ2n) is 4.13. The molecule has 0 fully saturated rings. The molecule has 0 spiro atoms. The molecule has 1 amide bonds. The van der Waals surface area contributed by atoms with E-state index in [1.54, 1.807) is 24.3 Å². The number of anilines is 1. The first kappa shape index (κ1) is 14.1. The molecule has 102 valence electrons. The number of amides is 1. The summed E-state index contributed by atoms with van der Waals surface area (Å²) in [5, 5.41) is 3.39. The zero-order valence-electron chi connectivity index (χ0n) is 11.3. The minimum Gasteiger partial charge on any atom is -0.481 e. The first-order valence-corrected chi connectivity index (χ1v) is 6.83. The summed E-state index contributed by atoms with van der Waals surface area (Å²) in [5.74, 6) is 2.83. The van der Waals surface area contributed by atoms with Gasteiger partial charge in [-0.25, -0.2) is 4.98 Å². The van der Waals surface area contributed by atoms with Crippen molar-refractivity contribution in [3.8, 4) is 18.1 Å². The number of aryl methyl sites for hydroxylation is 2. The molecule has 20 heavy (non-hydrogen) atoms. The predicted octanol–water partition coefficient (Wildman–Crippen LogP) is 3.02. The van der Waals surface area contributed by atoms with Crippen LogP contribution in [0.25, 0.3) is 0 Å². The number of carbonyl (C=O) groups is 1. The van der Waals surface area contributed by atoms with E-state index in [1.807, 2.05) is 13.8 Å². The molecule has 1 aromatic heterocycles. The van der Waals surface area contributed by atoms with E-state index >= 15 is 0 Å². The second kappa shape index (κ2) is 6.22. The van der Waals surface area contributed by atoms with Crippen LogP contribution in [0, 0.1) is 26.2 Å². The lowest BCUT2D eigenvalue weighted by atomic mass is 10.2. The molecule has 0 atom stereocenters. The summed E-state index contributed by atoms with van der Waals surface area (Å²) in [6.07, 6.45) is 5.11. The molecule has 0 bridgehead atoms. The standard InChI is InChI=1S/C15H14N2O2S/c1-4-9-19-13-7-5-12(6-8-13)14(18)17-15-16-10(2)11(3)20-15/h1,5-8H,9H2,2-3H3,(H,16,17,18). The maximum absolute atomic E-state index is 12.0. The molecule has 5 heteroatoms. The zero-order valence-corrected chi connectivity index (χ0v) is 12.1. The van der Waals surface area contributed by atoms with Gasteiger partial charge in [-0.05, 0) is 38.1 Å². The lowest BCUT2D eigenvalue weighted by Gasteiger charge is -2.04. The monoisotopic (exact) mass is 286 g/mol. The van der Waals surface area contributed by atoms with Crippen molar-refractivity contribution >= 4 is 22.4 Å². The van der Waals surface area contributed by atoms with E-state index in [9.17, 15) is 4.79 Å². The van der Waals surface area contributed by atoms with Crippen LogP contribution < -0.4 is 10.1 Å². The molecular weight excluding hydrogens is 272 g/mol. The maximum atomic E-state index is 12.0. The number of nitrogens with zero attached hydrogens (tertiary/aromatic N) is 1. The van der Waals surface area contributed by atoms with Crippen molar-refractivity contribution in [3.63, 3.8) is 0 Å². The summed E-state index contributed by atoms with van der Waals surface area (Å²) in [6.45, 7) is 4.10. The number of carbonyl (C=O) groups excluding carboxylic acids is 1. The highest BCUT2D eigenvalue weighted by Crippen LogP contribution is 2.22. The van der Waals surface area contributed by atoms with Crippen LogP contribution >= 0.6 is 11.3 Å². The molecule has 0 saturated heterocycles. The average Bonchev–Trinajstić information content (AvgIpc) is 2.75. The van der Waals surface area contributed by atoms with Gasteiger partial charge in [-0.2, -0.15) is 0 Å². The molecule has 1 heterocycles. The molecule has 2 aromatic rings. The Balaban J connectivity index is 2.04. The molecule has 0 unspecified atom stereocenters. The number of hydrogen-bond donors (Lipinski definition) is 1. The summed E-state index contributed by atoms with van der Waals surface area (Å²) < 4.78 is 5.25. The van der Waals surface area contributed by atoms with Gasteiger partial charge in [0.25, 0.3) is 5.91 Å². The smallest absolute Gasteiger partial charge is 0.257 e. The van der Waals surface area contributed by atoms with Crippen LogP contribution in [0.3, 0.4) is 0 Å². The summed E-state index contributed by atoms with van der Waals surface area (Å²) in [7, 11) is 0. The molecule has 0 aliphatic heterocycles. The highest BCUT2D eigenvalue weighted by Gasteiger charge is 2.10. The SMILES string of the molecule is C#CCOc1ccc(C(=O)Nc2nc(C)c(C)s2)cc1. The van der Waals surface area contributed by atoms with Crippen molar-refractivity contribution < 1.29 is 9.53 Å². The van der Waals surface area contributed by atoms with Crippen LogP contribution in [0.1, 0.15) is 20.9 Å². The van der Waals surface area contributed by atoms with Gasteiger partial charge in [0.15, 0.2) is 5.13 Å². The number of rotatable bonds is 4. The van der Waals surface area contributed by atoms with E-state index in [0.29, 0.717) is 16.4 Å². The fourth-order valence-electron chi connectivity index (χ4n) is 1.52. The third-order valence-corrected chi connectivity index (χ3v) is 3.68. The fourth-order valence-corrected chi connectivity index (χ4v) is 2.33. The van der Waals surface area contributed by atoms with Gasteiger partial charge in [0.2, 0.25) is 0 Å². The van der Waals surface area contributed by atoms with Crippen LogP contribution in [-0.4, -0.2) is 17.5 Å². The summed E-state index contributed by atoms with van der Waals surface area (Å²) in [5.41, 5.74) is 1.48. The number of benzene rings is 1. The van der Waals surface area contributed by atoms with Crippen molar-refractivity contribution in [2.45, 2.75) is 13.8 Å². The lowest BCUT2D eigenvalue weighted by molar-refractivity contribution is 0.102. The Morgan fingerprint density at radius 2 is 2.10 bits per heavy atom. The van der Waals surface area contributed by atoms with Gasteiger partial charge in [0, 0.05) is 10.4 Å². The molecule has 0 aliphatic rings. The number of hydrogen-bond acceptors (Lipinski definition) is 4. The third kappa shape index (κ3) is 3.37. The van der Waals surface area contributed by atoms with E-state index in [0.717, 1.165) is 10.6 Å². The van der Waals surface area contributed by atoms with Crippen LogP contribution in [0.15, 0.2) is 24.3 Å². The zero-order chi connectivity index (χ0) is 14.5. The molecule has 4 nitrogen and oxygen atoms in total. The summed E-state index contributed by atoms with van der Waals surface area (Å²) in [4.78, 5) is 17.4. The number of nitrogens with one attached hydrogen (secondary N) is 1. The van der Waals surface area contributed by atoms with E-state index < -0.39 is 0 Å². The number of thiazole rings is 1. The average molecular weight is 286 g/mol. The van der Waals surface area contributed by atoms with E-state index in [1.165, 1.54) is 11.3 Å². The predicted molar refractivity (Wildman–Crippen MR) is 80.3 cm³/mol. The molecular formula is C15H14N2O2S. The molecule has 1 aromatic carbocycles. The number of aromatic nitrogens is 1. The van der Waals surface area contributed by atoms with Crippen molar-refractivity contribution in [3.05, 3.63) is 40.4 Å². The van der Waals surface area contributed by atoms with E-state index in [2.05, 4.69) is 16.2 Å². The minimum atomic E-state index is -0.192. The third-order valence-electron chi connectivity index (χ3n) is 2.69. The van der Waals surface area contributed by atoms with Crippen LogP contribution in [0.2, 0.25) is 0 Å². The van der Waals surface area contributed by atoms with E-state index in [-0.39, 0.29) is 12.5 Å². The molecule has 1 N–H and O–H groups in total. The largest absolute Gasteiger partial charge is 0.481 e. The Morgan fingerprint density at radius 1 is 1.40 bits per heavy atom. The molecule has 0 saturated carbocycles. The Kier molecular flexibility index (Phi) is 4.38. The number of terminal acetylenes is 1. The Hall–Kier alpha value is -2.32. The van der Waals surface area contributed by atoms with Gasteiger partial charge in [-0.1, -0.05) is 5.92 Å². The van der Waals surface area contributed by atoms with Crippen molar-refractivity contribution in [2.75, 3.05) is 11.9 Å². The van der Waals surface area contributed by atoms with Gasteiger partial charge in [-0.15, -0.1) is 17.8 Å². The lowest BCUT2D eigenvalue weighted by Crippen LogP contribution is -2.11. The van der Waals surface area contributed by atoms with Crippen molar-refractivity contribution in [2.24, 2.45) is 0 Å². The van der Waals surface area contributed by atoms with Crippen LogP contribution in [-0.2, 0) is 0 Å². The van der Waals surface area contributed by atoms with E-state index in [4.69, 9.17) is 11.2 Å². The Bertz CT molecular complexity index is 634. The maximum Gasteiger partial charge on any atom is 0.257 e. The first-order chi connectivity index (χ1) is 9.60. The van der Waals surface area contributed by atoms with Gasteiger partial charge < -0.3 is 4.74 Å². The molecule has 0 radical (unpaired) electrons. The topological polar surface area (TPSA) is 51.2 Å². The summed E-state index contributed by atoms with van der Waals surface area (Å²) in [6, 6.07) is 6.80. The second-order valence-corrected chi connectivity index (χ2v) is 5.34. The van der Waals surface area contributed by atoms with Gasteiger partial charge in [0.05, 0.1) is 5.69 Å². The van der Waals surface area contributed by atoms with Crippen molar-refractivity contribution in [1.29, 1.82) is 0 Å². The molecule has 0 aliphatic carbocycles. The normalized spacial score (nSPS) is 9.85. The van der Waals surface area contributed by atoms with Gasteiger partial charge in [0.1, 0.15) is 12.4 Å². The molecule has 2 rings (SSSR count). The van der Waals surface area contributed by atoms with Crippen molar-refractivity contribution in [1.82, 2.24) is 4.98 Å². The van der Waals surface area contributed by atoms with Gasteiger partial charge >= 0.3 is 0 Å². The van der Waals surface area contributed by atoms with Crippen LogP contribution in [0.4, 0.5) is 5.13 Å². The summed E-state index contributed by atoms with van der Waals surface area (Å²) >= 11 is 1.46. The number of ether oxygens (including phenoxy) is 1. The van der Waals surface area contributed by atoms with Gasteiger partial charge in [-0.3, -0.25) is 10.1 Å². The minimum absolute atomic E-state index is 0.192. The Morgan fingerprint density at radius 3 is 2.65 bits per heavy atom. The quantitative estimate of drug-likeness (QED) is 0.879. The fraction of sp³-hybridized carbons (Fsp3) is 0.200. The first-order valence-electron chi connectivity index (χ1n) is 6.02. The highest BCUT2D eigenvalue weighted by atomic mass is 32.1.